The van der Waals surface area contributed by atoms with E-state index in [1.807, 2.05) is 59.5 Å². The standard InChI is InChI=1S/C16H16N2O/c17-10-15-13-8-4-5-9-14(13)16(19)18(15)11-12-6-2-1-3-7-12/h1-9,15H,10-11,17H2. The molecule has 1 atom stereocenters. The largest absolute Gasteiger partial charge is 0.328 e. The predicted octanol–water partition coefficient (Wildman–Crippen LogP) is 2.34. The molecule has 1 heterocycles. The minimum absolute atomic E-state index is 0.0103. The van der Waals surface area contributed by atoms with Crippen LogP contribution in [0.15, 0.2) is 54.6 Å². The summed E-state index contributed by atoms with van der Waals surface area (Å²) in [5, 5.41) is 0. The molecule has 3 heteroatoms. The van der Waals surface area contributed by atoms with Crippen LogP contribution in [0.25, 0.3) is 0 Å². The van der Waals surface area contributed by atoms with Gasteiger partial charge in [-0.05, 0) is 17.2 Å². The Kier molecular flexibility index (Phi) is 3.05. The van der Waals surface area contributed by atoms with Gasteiger partial charge in [0.15, 0.2) is 0 Å². The zero-order valence-corrected chi connectivity index (χ0v) is 10.6. The summed E-state index contributed by atoms with van der Waals surface area (Å²) in [4.78, 5) is 14.3. The highest BCUT2D eigenvalue weighted by atomic mass is 16.2. The smallest absolute Gasteiger partial charge is 0.255 e. The SMILES string of the molecule is NCC1c2ccccc2C(=O)N1Cc1ccccc1. The Morgan fingerprint density at radius 1 is 1.00 bits per heavy atom. The maximum absolute atomic E-state index is 12.4. The zero-order chi connectivity index (χ0) is 13.2. The van der Waals surface area contributed by atoms with Crippen LogP contribution in [0.3, 0.4) is 0 Å². The molecule has 1 aliphatic heterocycles. The number of fused-ring (bicyclic) bond motifs is 1. The molecule has 1 amide bonds. The molecule has 2 aromatic rings. The van der Waals surface area contributed by atoms with Crippen molar-refractivity contribution in [1.82, 2.24) is 4.90 Å². The van der Waals surface area contributed by atoms with E-state index in [1.54, 1.807) is 0 Å². The highest BCUT2D eigenvalue weighted by Gasteiger charge is 2.35. The molecule has 0 saturated carbocycles. The molecular weight excluding hydrogens is 236 g/mol. The van der Waals surface area contributed by atoms with Crippen LogP contribution in [0.2, 0.25) is 0 Å². The molecule has 0 aromatic heterocycles. The Hall–Kier alpha value is -2.13. The van der Waals surface area contributed by atoms with Crippen molar-refractivity contribution in [2.75, 3.05) is 6.54 Å². The predicted molar refractivity (Wildman–Crippen MR) is 74.6 cm³/mol. The maximum Gasteiger partial charge on any atom is 0.255 e. The van der Waals surface area contributed by atoms with Crippen LogP contribution in [0.1, 0.15) is 27.5 Å². The van der Waals surface area contributed by atoms with Gasteiger partial charge in [0.2, 0.25) is 0 Å². The summed E-state index contributed by atoms with van der Waals surface area (Å²) in [5.41, 5.74) is 8.82. The van der Waals surface area contributed by atoms with E-state index in [4.69, 9.17) is 5.73 Å². The summed E-state index contributed by atoms with van der Waals surface area (Å²) >= 11 is 0. The second kappa shape index (κ2) is 4.86. The lowest BCUT2D eigenvalue weighted by Gasteiger charge is -2.24. The van der Waals surface area contributed by atoms with Gasteiger partial charge in [-0.1, -0.05) is 48.5 Å². The topological polar surface area (TPSA) is 46.3 Å². The molecule has 1 unspecified atom stereocenters. The fraction of sp³-hybridized carbons (Fsp3) is 0.188. The third-order valence-electron chi connectivity index (χ3n) is 3.61. The summed E-state index contributed by atoms with van der Waals surface area (Å²) in [6, 6.07) is 17.7. The Morgan fingerprint density at radius 2 is 1.68 bits per heavy atom. The maximum atomic E-state index is 12.4. The molecule has 0 saturated heterocycles. The first kappa shape index (κ1) is 11.9. The number of carbonyl (C=O) groups excluding carboxylic acids is 1. The quantitative estimate of drug-likeness (QED) is 0.911. The molecule has 2 N–H and O–H groups in total. The van der Waals surface area contributed by atoms with E-state index in [0.717, 1.165) is 16.7 Å². The fourth-order valence-corrected chi connectivity index (χ4v) is 2.66. The van der Waals surface area contributed by atoms with Crippen molar-refractivity contribution < 1.29 is 4.79 Å². The number of carbonyl (C=O) groups is 1. The summed E-state index contributed by atoms with van der Waals surface area (Å²) in [6.45, 7) is 1.06. The van der Waals surface area contributed by atoms with Gasteiger partial charge in [-0.3, -0.25) is 4.79 Å². The van der Waals surface area contributed by atoms with E-state index in [2.05, 4.69) is 0 Å². The van der Waals surface area contributed by atoms with E-state index in [-0.39, 0.29) is 11.9 Å². The molecule has 0 fully saturated rings. The number of hydrogen-bond acceptors (Lipinski definition) is 2. The molecule has 3 rings (SSSR count). The molecule has 96 valence electrons. The van der Waals surface area contributed by atoms with Crippen LogP contribution in [0, 0.1) is 0 Å². The minimum Gasteiger partial charge on any atom is -0.328 e. The average molecular weight is 252 g/mol. The van der Waals surface area contributed by atoms with Crippen molar-refractivity contribution in [1.29, 1.82) is 0 Å². The van der Waals surface area contributed by atoms with E-state index in [9.17, 15) is 4.79 Å². The number of nitrogens with two attached hydrogens (primary N) is 1. The summed E-state index contributed by atoms with van der Waals surface area (Å²) in [6.07, 6.45) is 0. The lowest BCUT2D eigenvalue weighted by Crippen LogP contribution is -2.31. The van der Waals surface area contributed by atoms with Crippen molar-refractivity contribution in [3.8, 4) is 0 Å². The average Bonchev–Trinajstić information content (AvgIpc) is 2.73. The Morgan fingerprint density at radius 3 is 2.42 bits per heavy atom. The van der Waals surface area contributed by atoms with Crippen LogP contribution < -0.4 is 5.73 Å². The van der Waals surface area contributed by atoms with Gasteiger partial charge in [0.1, 0.15) is 0 Å². The first-order valence-corrected chi connectivity index (χ1v) is 6.45. The first-order chi connectivity index (χ1) is 9.31. The van der Waals surface area contributed by atoms with Crippen LogP contribution in [-0.4, -0.2) is 17.4 Å². The van der Waals surface area contributed by atoms with Crippen molar-refractivity contribution in [2.24, 2.45) is 5.73 Å². The lowest BCUT2D eigenvalue weighted by molar-refractivity contribution is 0.0715. The molecule has 0 aliphatic carbocycles. The molecular formula is C16H16N2O. The lowest BCUT2D eigenvalue weighted by atomic mass is 10.1. The second-order valence-corrected chi connectivity index (χ2v) is 4.76. The monoisotopic (exact) mass is 252 g/mol. The van der Waals surface area contributed by atoms with Crippen molar-refractivity contribution in [3.63, 3.8) is 0 Å². The van der Waals surface area contributed by atoms with Crippen LogP contribution >= 0.6 is 0 Å². The molecule has 19 heavy (non-hydrogen) atoms. The normalized spacial score (nSPS) is 17.6. The van der Waals surface area contributed by atoms with Gasteiger partial charge in [-0.25, -0.2) is 0 Å². The van der Waals surface area contributed by atoms with Gasteiger partial charge in [0.25, 0.3) is 5.91 Å². The highest BCUT2D eigenvalue weighted by molar-refractivity contribution is 5.99. The molecule has 1 aliphatic rings. The van der Waals surface area contributed by atoms with E-state index >= 15 is 0 Å². The molecule has 0 radical (unpaired) electrons. The summed E-state index contributed by atoms with van der Waals surface area (Å²) in [7, 11) is 0. The molecule has 0 bridgehead atoms. The highest BCUT2D eigenvalue weighted by Crippen LogP contribution is 2.33. The first-order valence-electron chi connectivity index (χ1n) is 6.45. The van der Waals surface area contributed by atoms with Crippen LogP contribution in [-0.2, 0) is 6.54 Å². The number of hydrogen-bond donors (Lipinski definition) is 1. The van der Waals surface area contributed by atoms with Crippen molar-refractivity contribution >= 4 is 5.91 Å². The fourth-order valence-electron chi connectivity index (χ4n) is 2.66. The van der Waals surface area contributed by atoms with Crippen LogP contribution in [0.4, 0.5) is 0 Å². The second-order valence-electron chi connectivity index (χ2n) is 4.76. The Balaban J connectivity index is 1.93. The van der Waals surface area contributed by atoms with Gasteiger partial charge < -0.3 is 10.6 Å². The number of rotatable bonds is 3. The van der Waals surface area contributed by atoms with Gasteiger partial charge >= 0.3 is 0 Å². The summed E-state index contributed by atoms with van der Waals surface area (Å²) in [5.74, 6) is 0.0786. The Bertz CT molecular complexity index is 595. The van der Waals surface area contributed by atoms with E-state index in [0.29, 0.717) is 13.1 Å². The van der Waals surface area contributed by atoms with Gasteiger partial charge in [-0.15, -0.1) is 0 Å². The van der Waals surface area contributed by atoms with Crippen molar-refractivity contribution in [3.05, 3.63) is 71.3 Å². The molecule has 0 spiro atoms. The molecule has 2 aromatic carbocycles. The van der Waals surface area contributed by atoms with Crippen LogP contribution in [0.5, 0.6) is 0 Å². The van der Waals surface area contributed by atoms with E-state index < -0.39 is 0 Å². The number of nitrogens with zero attached hydrogens (tertiary/aromatic N) is 1. The zero-order valence-electron chi connectivity index (χ0n) is 10.6. The summed E-state index contributed by atoms with van der Waals surface area (Å²) < 4.78 is 0. The number of amides is 1. The Labute approximate surface area is 112 Å². The van der Waals surface area contributed by atoms with Crippen molar-refractivity contribution in [2.45, 2.75) is 12.6 Å². The number of benzene rings is 2. The van der Waals surface area contributed by atoms with Gasteiger partial charge in [0, 0.05) is 18.7 Å². The third-order valence-corrected chi connectivity index (χ3v) is 3.61. The van der Waals surface area contributed by atoms with E-state index in [1.165, 1.54) is 0 Å². The molecule has 3 nitrogen and oxygen atoms in total. The van der Waals surface area contributed by atoms with Gasteiger partial charge in [-0.2, -0.15) is 0 Å². The minimum atomic E-state index is -0.0103. The van der Waals surface area contributed by atoms with Gasteiger partial charge in [0.05, 0.1) is 6.04 Å². The third kappa shape index (κ3) is 2.02.